The van der Waals surface area contributed by atoms with E-state index in [0.29, 0.717) is 0 Å². The molecule has 1 N–H and O–H groups in total. The highest BCUT2D eigenvalue weighted by Crippen LogP contribution is 2.32. The van der Waals surface area contributed by atoms with E-state index in [1.54, 1.807) is 11.3 Å². The van der Waals surface area contributed by atoms with Crippen LogP contribution in [0.3, 0.4) is 0 Å². The van der Waals surface area contributed by atoms with E-state index in [4.69, 9.17) is 0 Å². The molecule has 2 heteroatoms. The molecule has 0 aliphatic rings. The first kappa shape index (κ1) is 8.73. The van der Waals surface area contributed by atoms with Crippen LogP contribution in [0.25, 0.3) is 10.1 Å². The van der Waals surface area contributed by atoms with Crippen LogP contribution in [0.1, 0.15) is 24.2 Å². The zero-order chi connectivity index (χ0) is 9.42. The van der Waals surface area contributed by atoms with Gasteiger partial charge < -0.3 is 5.11 Å². The van der Waals surface area contributed by atoms with Crippen molar-refractivity contribution in [2.24, 2.45) is 0 Å². The SMILES string of the molecule is Cc1cccc2scc(C(C)O)c12. The Labute approximate surface area is 81.6 Å². The summed E-state index contributed by atoms with van der Waals surface area (Å²) >= 11 is 1.70. The quantitative estimate of drug-likeness (QED) is 0.735. The topological polar surface area (TPSA) is 20.2 Å². The maximum absolute atomic E-state index is 9.54. The van der Waals surface area contributed by atoms with Gasteiger partial charge in [0.15, 0.2) is 0 Å². The summed E-state index contributed by atoms with van der Waals surface area (Å²) in [5.41, 5.74) is 2.30. The van der Waals surface area contributed by atoms with E-state index in [-0.39, 0.29) is 6.10 Å². The summed E-state index contributed by atoms with van der Waals surface area (Å²) in [6.07, 6.45) is -0.366. The first-order valence-electron chi connectivity index (χ1n) is 4.35. The third-order valence-electron chi connectivity index (χ3n) is 2.29. The third kappa shape index (κ3) is 1.36. The van der Waals surface area contributed by atoms with Crippen molar-refractivity contribution in [1.29, 1.82) is 0 Å². The summed E-state index contributed by atoms with van der Waals surface area (Å²) in [5, 5.41) is 12.8. The summed E-state index contributed by atoms with van der Waals surface area (Å²) in [4.78, 5) is 0. The molecule has 0 amide bonds. The van der Waals surface area contributed by atoms with Crippen LogP contribution in [0.2, 0.25) is 0 Å². The summed E-state index contributed by atoms with van der Waals surface area (Å²) in [6, 6.07) is 6.24. The van der Waals surface area contributed by atoms with Gasteiger partial charge in [0.1, 0.15) is 0 Å². The Bertz CT molecular complexity index is 429. The maximum atomic E-state index is 9.54. The van der Waals surface area contributed by atoms with Crippen LogP contribution < -0.4 is 0 Å². The lowest BCUT2D eigenvalue weighted by Gasteiger charge is -2.03. The molecule has 0 bridgehead atoms. The van der Waals surface area contributed by atoms with E-state index in [2.05, 4.69) is 25.1 Å². The Balaban J connectivity index is 2.79. The lowest BCUT2D eigenvalue weighted by molar-refractivity contribution is 0.201. The number of aryl methyl sites for hydroxylation is 1. The van der Waals surface area contributed by atoms with Gasteiger partial charge >= 0.3 is 0 Å². The van der Waals surface area contributed by atoms with Crippen molar-refractivity contribution in [3.05, 3.63) is 34.7 Å². The highest BCUT2D eigenvalue weighted by atomic mass is 32.1. The number of hydrogen-bond acceptors (Lipinski definition) is 2. The van der Waals surface area contributed by atoms with Gasteiger partial charge in [-0.2, -0.15) is 0 Å². The molecule has 2 aromatic rings. The Morgan fingerprint density at radius 3 is 2.85 bits per heavy atom. The van der Waals surface area contributed by atoms with Gasteiger partial charge in [-0.05, 0) is 36.4 Å². The van der Waals surface area contributed by atoms with Crippen LogP contribution in [0.5, 0.6) is 0 Å². The molecule has 68 valence electrons. The molecule has 1 atom stereocenters. The van der Waals surface area contributed by atoms with Crippen LogP contribution in [0, 0.1) is 6.92 Å². The average molecular weight is 192 g/mol. The Morgan fingerprint density at radius 1 is 1.38 bits per heavy atom. The number of hydrogen-bond donors (Lipinski definition) is 1. The fraction of sp³-hybridized carbons (Fsp3) is 0.273. The van der Waals surface area contributed by atoms with Gasteiger partial charge in [-0.25, -0.2) is 0 Å². The van der Waals surface area contributed by atoms with Crippen molar-refractivity contribution in [3.63, 3.8) is 0 Å². The van der Waals surface area contributed by atoms with Gasteiger partial charge in [-0.1, -0.05) is 12.1 Å². The van der Waals surface area contributed by atoms with Crippen molar-refractivity contribution < 1.29 is 5.11 Å². The number of rotatable bonds is 1. The van der Waals surface area contributed by atoms with Crippen LogP contribution in [-0.4, -0.2) is 5.11 Å². The second-order valence-electron chi connectivity index (χ2n) is 3.32. The molecule has 1 nitrogen and oxygen atoms in total. The zero-order valence-corrected chi connectivity index (χ0v) is 8.56. The molecule has 13 heavy (non-hydrogen) atoms. The first-order chi connectivity index (χ1) is 6.20. The molecule has 0 saturated heterocycles. The normalized spacial score (nSPS) is 13.5. The lowest BCUT2D eigenvalue weighted by Crippen LogP contribution is -1.89. The molecular formula is C11H12OS. The predicted molar refractivity (Wildman–Crippen MR) is 57.2 cm³/mol. The van der Waals surface area contributed by atoms with Crippen molar-refractivity contribution >= 4 is 21.4 Å². The van der Waals surface area contributed by atoms with Gasteiger partial charge in [-0.15, -0.1) is 11.3 Å². The van der Waals surface area contributed by atoms with Gasteiger partial charge in [-0.3, -0.25) is 0 Å². The fourth-order valence-electron chi connectivity index (χ4n) is 1.60. The zero-order valence-electron chi connectivity index (χ0n) is 7.74. The number of thiophene rings is 1. The summed E-state index contributed by atoms with van der Waals surface area (Å²) in [5.74, 6) is 0. The maximum Gasteiger partial charge on any atom is 0.0776 e. The van der Waals surface area contributed by atoms with E-state index >= 15 is 0 Å². The predicted octanol–water partition coefficient (Wildman–Crippen LogP) is 3.26. The average Bonchev–Trinajstić information content (AvgIpc) is 2.49. The molecule has 0 fully saturated rings. The monoisotopic (exact) mass is 192 g/mol. The highest BCUT2D eigenvalue weighted by molar-refractivity contribution is 7.17. The molecule has 2 rings (SSSR count). The van der Waals surface area contributed by atoms with Gasteiger partial charge in [0.05, 0.1) is 6.10 Å². The molecule has 0 spiro atoms. The van der Waals surface area contributed by atoms with Crippen molar-refractivity contribution in [1.82, 2.24) is 0 Å². The van der Waals surface area contributed by atoms with E-state index in [1.165, 1.54) is 15.6 Å². The minimum Gasteiger partial charge on any atom is -0.389 e. The molecule has 0 aliphatic heterocycles. The Kier molecular flexibility index (Phi) is 2.10. The molecule has 1 heterocycles. The molecule has 0 aliphatic carbocycles. The molecule has 1 aromatic heterocycles. The molecule has 1 aromatic carbocycles. The number of aliphatic hydroxyl groups excluding tert-OH is 1. The van der Waals surface area contributed by atoms with E-state index in [1.807, 2.05) is 12.3 Å². The third-order valence-corrected chi connectivity index (χ3v) is 3.25. The van der Waals surface area contributed by atoms with Crippen molar-refractivity contribution in [3.8, 4) is 0 Å². The second-order valence-corrected chi connectivity index (χ2v) is 4.23. The molecule has 0 saturated carbocycles. The molecule has 1 unspecified atom stereocenters. The Morgan fingerprint density at radius 2 is 2.15 bits per heavy atom. The molecule has 0 radical (unpaired) electrons. The number of aliphatic hydroxyl groups is 1. The number of fused-ring (bicyclic) bond motifs is 1. The fourth-order valence-corrected chi connectivity index (χ4v) is 2.72. The highest BCUT2D eigenvalue weighted by Gasteiger charge is 2.09. The minimum atomic E-state index is -0.366. The van der Waals surface area contributed by atoms with Crippen LogP contribution in [0.4, 0.5) is 0 Å². The summed E-state index contributed by atoms with van der Waals surface area (Å²) in [7, 11) is 0. The van der Waals surface area contributed by atoms with Gasteiger partial charge in [0.2, 0.25) is 0 Å². The van der Waals surface area contributed by atoms with Gasteiger partial charge in [0, 0.05) is 10.1 Å². The smallest absolute Gasteiger partial charge is 0.0776 e. The van der Waals surface area contributed by atoms with Gasteiger partial charge in [0.25, 0.3) is 0 Å². The van der Waals surface area contributed by atoms with E-state index < -0.39 is 0 Å². The second kappa shape index (κ2) is 3.13. The molecular weight excluding hydrogens is 180 g/mol. The minimum absolute atomic E-state index is 0.366. The lowest BCUT2D eigenvalue weighted by atomic mass is 10.1. The number of benzene rings is 1. The van der Waals surface area contributed by atoms with E-state index in [9.17, 15) is 5.11 Å². The van der Waals surface area contributed by atoms with Crippen LogP contribution in [0.15, 0.2) is 23.6 Å². The van der Waals surface area contributed by atoms with Crippen molar-refractivity contribution in [2.75, 3.05) is 0 Å². The Hall–Kier alpha value is -0.860. The standard InChI is InChI=1S/C11H12OS/c1-7-4-3-5-10-11(7)9(6-13-10)8(2)12/h3-6,8,12H,1-2H3. The van der Waals surface area contributed by atoms with Crippen LogP contribution in [-0.2, 0) is 0 Å². The summed E-state index contributed by atoms with van der Waals surface area (Å²) in [6.45, 7) is 3.90. The van der Waals surface area contributed by atoms with E-state index in [0.717, 1.165) is 5.56 Å². The van der Waals surface area contributed by atoms with Crippen molar-refractivity contribution in [2.45, 2.75) is 20.0 Å². The first-order valence-corrected chi connectivity index (χ1v) is 5.23. The van der Waals surface area contributed by atoms with Crippen LogP contribution >= 0.6 is 11.3 Å². The largest absolute Gasteiger partial charge is 0.389 e. The summed E-state index contributed by atoms with van der Waals surface area (Å²) < 4.78 is 1.26.